The summed E-state index contributed by atoms with van der Waals surface area (Å²) in [5.41, 5.74) is 3.32. The third-order valence-corrected chi connectivity index (χ3v) is 3.57. The van der Waals surface area contributed by atoms with Crippen LogP contribution in [-0.2, 0) is 0 Å². The maximum atomic E-state index is 4.41. The Morgan fingerprint density at radius 2 is 1.91 bits per heavy atom. The van der Waals surface area contributed by atoms with Crippen molar-refractivity contribution in [3.8, 4) is 5.82 Å². The van der Waals surface area contributed by atoms with Crippen molar-refractivity contribution in [2.75, 3.05) is 0 Å². The monoisotopic (exact) mass is 297 g/mol. The zero-order chi connectivity index (χ0) is 15.7. The van der Waals surface area contributed by atoms with Crippen LogP contribution in [0.5, 0.6) is 0 Å². The van der Waals surface area contributed by atoms with E-state index in [1.807, 2.05) is 23.2 Å². The fraction of sp³-hybridized carbons (Fsp3) is 0.333. The smallest absolute Gasteiger partial charge is 0.141 e. The first-order chi connectivity index (χ1) is 10.6. The van der Waals surface area contributed by atoms with Crippen LogP contribution in [0, 0.1) is 13.8 Å². The van der Waals surface area contributed by atoms with Gasteiger partial charge in [-0.2, -0.15) is 10.2 Å². The fourth-order valence-electron chi connectivity index (χ4n) is 2.54. The normalized spacial score (nSPS) is 11.9. The first-order valence-electron chi connectivity index (χ1n) is 7.19. The second-order valence-electron chi connectivity index (χ2n) is 5.48. The SMILES string of the molecule is Cc1cc(/C=N\n2cnnc2)c(C)n1-c1ccnn1C(C)C. The van der Waals surface area contributed by atoms with Crippen molar-refractivity contribution in [1.82, 2.24) is 29.2 Å². The van der Waals surface area contributed by atoms with Crippen molar-refractivity contribution in [2.45, 2.75) is 33.7 Å². The summed E-state index contributed by atoms with van der Waals surface area (Å²) in [7, 11) is 0. The van der Waals surface area contributed by atoms with Crippen molar-refractivity contribution in [1.29, 1.82) is 0 Å². The third kappa shape index (κ3) is 2.45. The van der Waals surface area contributed by atoms with E-state index in [4.69, 9.17) is 0 Å². The highest BCUT2D eigenvalue weighted by Gasteiger charge is 2.14. The molecule has 0 aliphatic rings. The second-order valence-corrected chi connectivity index (χ2v) is 5.48. The number of aryl methyl sites for hydroxylation is 1. The number of aromatic nitrogens is 6. The molecule has 114 valence electrons. The lowest BCUT2D eigenvalue weighted by atomic mass is 10.3. The van der Waals surface area contributed by atoms with Crippen LogP contribution in [0.15, 0.2) is 36.1 Å². The van der Waals surface area contributed by atoms with E-state index in [1.165, 1.54) is 0 Å². The topological polar surface area (TPSA) is 65.8 Å². The summed E-state index contributed by atoms with van der Waals surface area (Å²) in [5, 5.41) is 16.2. The summed E-state index contributed by atoms with van der Waals surface area (Å²) in [6, 6.07) is 4.45. The van der Waals surface area contributed by atoms with Gasteiger partial charge in [-0.1, -0.05) is 0 Å². The molecule has 3 aromatic heterocycles. The van der Waals surface area contributed by atoms with Gasteiger partial charge in [0.15, 0.2) is 0 Å². The predicted molar refractivity (Wildman–Crippen MR) is 84.4 cm³/mol. The maximum Gasteiger partial charge on any atom is 0.141 e. The van der Waals surface area contributed by atoms with E-state index in [-0.39, 0.29) is 0 Å². The Kier molecular flexibility index (Phi) is 3.62. The van der Waals surface area contributed by atoms with Crippen LogP contribution in [0.2, 0.25) is 0 Å². The first-order valence-corrected chi connectivity index (χ1v) is 7.19. The molecule has 0 unspecified atom stereocenters. The minimum atomic E-state index is 0.306. The molecule has 0 saturated carbocycles. The molecule has 3 heterocycles. The average Bonchev–Trinajstić information content (AvgIpc) is 3.17. The number of rotatable bonds is 4. The lowest BCUT2D eigenvalue weighted by Gasteiger charge is -2.14. The van der Waals surface area contributed by atoms with Gasteiger partial charge in [-0.05, 0) is 33.8 Å². The van der Waals surface area contributed by atoms with Gasteiger partial charge >= 0.3 is 0 Å². The molecule has 0 aromatic carbocycles. The van der Waals surface area contributed by atoms with E-state index in [0.29, 0.717) is 6.04 Å². The lowest BCUT2D eigenvalue weighted by molar-refractivity contribution is 0.519. The van der Waals surface area contributed by atoms with Crippen molar-refractivity contribution in [3.63, 3.8) is 0 Å². The molecule has 0 saturated heterocycles. The molecule has 0 N–H and O–H groups in total. The molecular weight excluding hydrogens is 278 g/mol. The van der Waals surface area contributed by atoms with E-state index in [0.717, 1.165) is 22.8 Å². The maximum absolute atomic E-state index is 4.41. The molecule has 0 aliphatic heterocycles. The zero-order valence-electron chi connectivity index (χ0n) is 13.2. The standard InChI is InChI=1S/C15H19N7/c1-11(2)22-15(5-6-18-22)21-12(3)7-14(13(21)4)8-19-20-9-16-17-10-20/h5-11H,1-4H3/b19-8-. The van der Waals surface area contributed by atoms with Crippen LogP contribution in [0.3, 0.4) is 0 Å². The van der Waals surface area contributed by atoms with Crippen LogP contribution in [-0.4, -0.2) is 35.4 Å². The Hall–Kier alpha value is -2.70. The minimum absolute atomic E-state index is 0.306. The van der Waals surface area contributed by atoms with Crippen molar-refractivity contribution in [2.24, 2.45) is 5.10 Å². The highest BCUT2D eigenvalue weighted by atomic mass is 15.4. The van der Waals surface area contributed by atoms with E-state index >= 15 is 0 Å². The van der Waals surface area contributed by atoms with Gasteiger partial charge in [0.1, 0.15) is 18.5 Å². The van der Waals surface area contributed by atoms with E-state index in [2.05, 4.69) is 58.7 Å². The molecular formula is C15H19N7. The van der Waals surface area contributed by atoms with Crippen LogP contribution >= 0.6 is 0 Å². The molecule has 22 heavy (non-hydrogen) atoms. The van der Waals surface area contributed by atoms with Gasteiger partial charge in [0.05, 0.1) is 12.4 Å². The molecule has 3 aromatic rings. The Labute approximate surface area is 128 Å². The van der Waals surface area contributed by atoms with Gasteiger partial charge < -0.3 is 4.57 Å². The third-order valence-electron chi connectivity index (χ3n) is 3.57. The van der Waals surface area contributed by atoms with Gasteiger partial charge in [-0.3, -0.25) is 0 Å². The molecule has 7 nitrogen and oxygen atoms in total. The van der Waals surface area contributed by atoms with Gasteiger partial charge in [-0.25, -0.2) is 9.36 Å². The van der Waals surface area contributed by atoms with Crippen LogP contribution in [0.4, 0.5) is 0 Å². The summed E-state index contributed by atoms with van der Waals surface area (Å²) < 4.78 is 5.78. The van der Waals surface area contributed by atoms with Crippen LogP contribution in [0.25, 0.3) is 5.82 Å². The summed E-state index contributed by atoms with van der Waals surface area (Å²) in [6.07, 6.45) is 6.77. The average molecular weight is 297 g/mol. The van der Waals surface area contributed by atoms with Crippen LogP contribution in [0.1, 0.15) is 36.8 Å². The highest BCUT2D eigenvalue weighted by Crippen LogP contribution is 2.21. The lowest BCUT2D eigenvalue weighted by Crippen LogP contribution is -2.11. The molecule has 7 heteroatoms. The first kappa shape index (κ1) is 14.2. The van der Waals surface area contributed by atoms with E-state index in [9.17, 15) is 0 Å². The summed E-state index contributed by atoms with van der Waals surface area (Å²) in [4.78, 5) is 0. The van der Waals surface area contributed by atoms with Gasteiger partial charge in [0.25, 0.3) is 0 Å². The number of nitrogens with zero attached hydrogens (tertiary/aromatic N) is 7. The molecule has 0 aliphatic carbocycles. The summed E-state index contributed by atoms with van der Waals surface area (Å²) >= 11 is 0. The molecule has 0 bridgehead atoms. The predicted octanol–water partition coefficient (Wildman–Crippen LogP) is 2.35. The largest absolute Gasteiger partial charge is 0.303 e. The van der Waals surface area contributed by atoms with Crippen LogP contribution < -0.4 is 0 Å². The van der Waals surface area contributed by atoms with Crippen molar-refractivity contribution >= 4 is 6.21 Å². The quantitative estimate of drug-likeness (QED) is 0.694. The molecule has 0 atom stereocenters. The van der Waals surface area contributed by atoms with Crippen molar-refractivity contribution < 1.29 is 0 Å². The fourth-order valence-corrected chi connectivity index (χ4v) is 2.54. The Bertz CT molecular complexity index is 790. The minimum Gasteiger partial charge on any atom is -0.303 e. The zero-order valence-corrected chi connectivity index (χ0v) is 13.2. The molecule has 0 amide bonds. The summed E-state index contributed by atoms with van der Waals surface area (Å²) in [5.74, 6) is 1.06. The highest BCUT2D eigenvalue weighted by molar-refractivity contribution is 5.82. The number of hydrogen-bond donors (Lipinski definition) is 0. The molecule has 3 rings (SSSR count). The molecule has 0 spiro atoms. The van der Waals surface area contributed by atoms with E-state index in [1.54, 1.807) is 17.3 Å². The van der Waals surface area contributed by atoms with E-state index < -0.39 is 0 Å². The van der Waals surface area contributed by atoms with Gasteiger partial charge in [-0.15, -0.1) is 10.2 Å². The number of hydrogen-bond acceptors (Lipinski definition) is 4. The second kappa shape index (κ2) is 5.59. The van der Waals surface area contributed by atoms with Gasteiger partial charge in [0.2, 0.25) is 0 Å². The van der Waals surface area contributed by atoms with Gasteiger partial charge in [0, 0.05) is 29.1 Å². The Morgan fingerprint density at radius 3 is 2.59 bits per heavy atom. The molecule has 0 fully saturated rings. The molecule has 0 radical (unpaired) electrons. The van der Waals surface area contributed by atoms with Crippen molar-refractivity contribution in [3.05, 3.63) is 47.9 Å². The Morgan fingerprint density at radius 1 is 1.18 bits per heavy atom. The summed E-state index contributed by atoms with van der Waals surface area (Å²) in [6.45, 7) is 8.41. The Balaban J connectivity index is 2.02.